The van der Waals surface area contributed by atoms with Crippen molar-refractivity contribution in [3.63, 3.8) is 0 Å². The second-order valence-electron chi connectivity index (χ2n) is 4.97. The molecular weight excluding hydrogens is 260 g/mol. The van der Waals surface area contributed by atoms with Gasteiger partial charge in [0.1, 0.15) is 12.1 Å². The molecule has 1 fully saturated rings. The number of aryl methyl sites for hydroxylation is 1. The summed E-state index contributed by atoms with van der Waals surface area (Å²) in [7, 11) is 1.78. The Hall–Kier alpha value is -2.44. The van der Waals surface area contributed by atoms with Gasteiger partial charge in [-0.15, -0.1) is 5.10 Å². The molecule has 1 N–H and O–H groups in total. The van der Waals surface area contributed by atoms with Crippen molar-refractivity contribution in [2.75, 3.05) is 6.54 Å². The zero-order chi connectivity index (χ0) is 14.3. The molecule has 7 heteroatoms. The van der Waals surface area contributed by atoms with Gasteiger partial charge in [-0.25, -0.2) is 4.68 Å². The number of hydrogen-bond donors (Lipinski definition) is 1. The predicted octanol–water partition coefficient (Wildman–Crippen LogP) is 0.657. The number of amides is 1. The van der Waals surface area contributed by atoms with Gasteiger partial charge in [0.25, 0.3) is 5.91 Å². The highest BCUT2D eigenvalue weighted by Gasteiger charge is 2.34. The van der Waals surface area contributed by atoms with Crippen LogP contribution in [0.3, 0.4) is 0 Å². The molecular formula is C13H14N4O3. The molecule has 0 radical (unpaired) electrons. The Morgan fingerprint density at radius 2 is 2.20 bits per heavy atom. The molecule has 0 unspecified atom stereocenters. The topological polar surface area (TPSA) is 88.3 Å². The van der Waals surface area contributed by atoms with Gasteiger partial charge < -0.3 is 10.0 Å². The second-order valence-corrected chi connectivity index (χ2v) is 4.97. The Morgan fingerprint density at radius 1 is 1.45 bits per heavy atom. The lowest BCUT2D eigenvalue weighted by Gasteiger charge is -2.20. The zero-order valence-corrected chi connectivity index (χ0v) is 11.0. The molecule has 20 heavy (non-hydrogen) atoms. The minimum Gasteiger partial charge on any atom is -0.480 e. The molecule has 1 saturated carbocycles. The van der Waals surface area contributed by atoms with Gasteiger partial charge in [-0.1, -0.05) is 5.21 Å². The first-order valence-corrected chi connectivity index (χ1v) is 6.38. The minimum absolute atomic E-state index is 0.0520. The average Bonchev–Trinajstić information content (AvgIpc) is 3.20. The fourth-order valence-electron chi connectivity index (χ4n) is 2.24. The Bertz CT molecular complexity index is 690. The number of carbonyl (C=O) groups is 2. The molecule has 0 spiro atoms. The number of carboxylic acids is 1. The molecule has 0 atom stereocenters. The minimum atomic E-state index is -0.995. The lowest BCUT2D eigenvalue weighted by Crippen LogP contribution is -2.37. The van der Waals surface area contributed by atoms with E-state index in [-0.39, 0.29) is 18.5 Å². The number of carboxylic acid groups (broad SMARTS) is 1. The van der Waals surface area contributed by atoms with Crippen molar-refractivity contribution < 1.29 is 14.7 Å². The number of benzene rings is 1. The highest BCUT2D eigenvalue weighted by atomic mass is 16.4. The van der Waals surface area contributed by atoms with Gasteiger partial charge in [0.05, 0.1) is 5.52 Å². The van der Waals surface area contributed by atoms with Gasteiger partial charge in [-0.05, 0) is 31.0 Å². The first kappa shape index (κ1) is 12.6. The molecule has 1 aliphatic rings. The van der Waals surface area contributed by atoms with E-state index >= 15 is 0 Å². The summed E-state index contributed by atoms with van der Waals surface area (Å²) < 4.78 is 1.62. The molecule has 1 aromatic carbocycles. The van der Waals surface area contributed by atoms with E-state index < -0.39 is 5.97 Å². The molecule has 1 aromatic heterocycles. The van der Waals surface area contributed by atoms with Crippen LogP contribution in [-0.2, 0) is 11.8 Å². The Balaban J connectivity index is 1.91. The van der Waals surface area contributed by atoms with E-state index in [4.69, 9.17) is 5.11 Å². The SMILES string of the molecule is Cn1nnc2cc(C(=O)N(CC(=O)O)C3CC3)ccc21. The lowest BCUT2D eigenvalue weighted by molar-refractivity contribution is -0.137. The molecule has 0 bridgehead atoms. The fourth-order valence-corrected chi connectivity index (χ4v) is 2.24. The highest BCUT2D eigenvalue weighted by molar-refractivity contribution is 5.98. The average molecular weight is 274 g/mol. The molecule has 0 aliphatic heterocycles. The van der Waals surface area contributed by atoms with Crippen molar-refractivity contribution in [2.45, 2.75) is 18.9 Å². The number of hydrogen-bond acceptors (Lipinski definition) is 4. The van der Waals surface area contributed by atoms with Crippen molar-refractivity contribution in [1.29, 1.82) is 0 Å². The van der Waals surface area contributed by atoms with Crippen LogP contribution in [0.4, 0.5) is 0 Å². The summed E-state index contributed by atoms with van der Waals surface area (Å²) in [5.74, 6) is -1.26. The maximum absolute atomic E-state index is 12.4. The van der Waals surface area contributed by atoms with E-state index in [1.54, 1.807) is 29.9 Å². The Labute approximate surface area is 114 Å². The smallest absolute Gasteiger partial charge is 0.323 e. The van der Waals surface area contributed by atoms with E-state index in [1.165, 1.54) is 4.90 Å². The molecule has 3 rings (SSSR count). The van der Waals surface area contributed by atoms with Crippen LogP contribution >= 0.6 is 0 Å². The summed E-state index contributed by atoms with van der Waals surface area (Å²) in [5, 5.41) is 16.8. The van der Waals surface area contributed by atoms with Crippen LogP contribution in [0.25, 0.3) is 11.0 Å². The Kier molecular flexibility index (Phi) is 2.89. The number of carbonyl (C=O) groups excluding carboxylic acids is 1. The van der Waals surface area contributed by atoms with Crippen LogP contribution in [0.5, 0.6) is 0 Å². The van der Waals surface area contributed by atoms with E-state index in [1.807, 2.05) is 0 Å². The maximum Gasteiger partial charge on any atom is 0.323 e. The normalized spacial score (nSPS) is 14.4. The van der Waals surface area contributed by atoms with Crippen LogP contribution in [-0.4, -0.2) is 49.5 Å². The Morgan fingerprint density at radius 3 is 2.85 bits per heavy atom. The van der Waals surface area contributed by atoms with Gasteiger partial charge in [-0.2, -0.15) is 0 Å². The number of aliphatic carboxylic acids is 1. The van der Waals surface area contributed by atoms with Crippen LogP contribution in [0.2, 0.25) is 0 Å². The van der Waals surface area contributed by atoms with Crippen molar-refractivity contribution >= 4 is 22.9 Å². The van der Waals surface area contributed by atoms with Crippen molar-refractivity contribution in [1.82, 2.24) is 19.9 Å². The van der Waals surface area contributed by atoms with E-state index in [0.29, 0.717) is 11.1 Å². The number of aromatic nitrogens is 3. The summed E-state index contributed by atoms with van der Waals surface area (Å²) in [6, 6.07) is 5.16. The van der Waals surface area contributed by atoms with Gasteiger partial charge in [-0.3, -0.25) is 9.59 Å². The van der Waals surface area contributed by atoms with Gasteiger partial charge in [0, 0.05) is 18.7 Å². The van der Waals surface area contributed by atoms with Gasteiger partial charge in [0.2, 0.25) is 0 Å². The molecule has 2 aromatic rings. The number of nitrogens with zero attached hydrogens (tertiary/aromatic N) is 4. The zero-order valence-electron chi connectivity index (χ0n) is 11.0. The van der Waals surface area contributed by atoms with Crippen molar-refractivity contribution in [3.8, 4) is 0 Å². The van der Waals surface area contributed by atoms with E-state index in [9.17, 15) is 9.59 Å². The third kappa shape index (κ3) is 2.22. The largest absolute Gasteiger partial charge is 0.480 e. The number of rotatable bonds is 4. The predicted molar refractivity (Wildman–Crippen MR) is 70.2 cm³/mol. The molecule has 0 saturated heterocycles. The van der Waals surface area contributed by atoms with Crippen LogP contribution in [0.15, 0.2) is 18.2 Å². The first-order chi connectivity index (χ1) is 9.56. The third-order valence-electron chi connectivity index (χ3n) is 3.41. The summed E-state index contributed by atoms with van der Waals surface area (Å²) >= 11 is 0. The summed E-state index contributed by atoms with van der Waals surface area (Å²) in [6.07, 6.45) is 1.73. The quantitative estimate of drug-likeness (QED) is 0.884. The summed E-state index contributed by atoms with van der Waals surface area (Å²) in [4.78, 5) is 24.7. The van der Waals surface area contributed by atoms with Crippen molar-refractivity contribution in [3.05, 3.63) is 23.8 Å². The van der Waals surface area contributed by atoms with Crippen LogP contribution in [0, 0.1) is 0 Å². The fraction of sp³-hybridized carbons (Fsp3) is 0.385. The van der Waals surface area contributed by atoms with E-state index in [2.05, 4.69) is 10.3 Å². The molecule has 104 valence electrons. The van der Waals surface area contributed by atoms with E-state index in [0.717, 1.165) is 18.4 Å². The highest BCUT2D eigenvalue weighted by Crippen LogP contribution is 2.28. The van der Waals surface area contributed by atoms with Gasteiger partial charge in [0.15, 0.2) is 0 Å². The van der Waals surface area contributed by atoms with Gasteiger partial charge >= 0.3 is 5.97 Å². The standard InChI is InChI=1S/C13H14N4O3/c1-16-11-5-2-8(6-10(11)14-15-16)13(20)17(7-12(18)19)9-3-4-9/h2,5-6,9H,3-4,7H2,1H3,(H,18,19). The third-order valence-corrected chi connectivity index (χ3v) is 3.41. The lowest BCUT2D eigenvalue weighted by atomic mass is 10.1. The summed E-state index contributed by atoms with van der Waals surface area (Å²) in [5.41, 5.74) is 1.91. The maximum atomic E-state index is 12.4. The van der Waals surface area contributed by atoms with Crippen molar-refractivity contribution in [2.24, 2.45) is 7.05 Å². The monoisotopic (exact) mass is 274 g/mol. The number of fused-ring (bicyclic) bond motifs is 1. The van der Waals surface area contributed by atoms with Crippen LogP contribution in [0.1, 0.15) is 23.2 Å². The molecule has 7 nitrogen and oxygen atoms in total. The first-order valence-electron chi connectivity index (χ1n) is 6.38. The summed E-state index contributed by atoms with van der Waals surface area (Å²) in [6.45, 7) is -0.262. The van der Waals surface area contributed by atoms with Crippen LogP contribution < -0.4 is 0 Å². The molecule has 1 amide bonds. The second kappa shape index (κ2) is 4.59. The molecule has 1 heterocycles. The molecule has 1 aliphatic carbocycles.